The molecule has 0 unspecified atom stereocenters. The van der Waals surface area contributed by atoms with Crippen LogP contribution in [0.3, 0.4) is 0 Å². The lowest BCUT2D eigenvalue weighted by atomic mass is 10.1. The highest BCUT2D eigenvalue weighted by Gasteiger charge is 2.30. The Morgan fingerprint density at radius 2 is 0.784 bits per heavy atom. The molecule has 2 atom stereocenters. The number of aliphatic hydroxyl groups is 2. The first-order chi connectivity index (χ1) is 35.5. The number of rotatable bonds is 20. The SMILES string of the molecule is COc1cccc(-c2nnc(CS(=O)(=O)C[C@@H](O)c3ccc(Cl)cc3)n2-c2c(OC)cccc2OC)n1.COc1cccc(-c2nnc(CS(=O)(=O)C[C@H](O)c3ccc(Cl)cc3)n2-c2c(OC)cccc2OC)n1. The van der Waals surface area contributed by atoms with Crippen LogP contribution in [-0.2, 0) is 31.2 Å². The molecule has 20 nitrogen and oxygen atoms in total. The highest BCUT2D eigenvalue weighted by atomic mass is 35.5. The van der Waals surface area contributed by atoms with Gasteiger partial charge in [-0.2, -0.15) is 0 Å². The van der Waals surface area contributed by atoms with Crippen LogP contribution in [0.15, 0.2) is 121 Å². The van der Waals surface area contributed by atoms with Crippen molar-refractivity contribution in [2.75, 3.05) is 54.2 Å². The quantitative estimate of drug-likeness (QED) is 0.0758. The van der Waals surface area contributed by atoms with E-state index in [1.807, 2.05) is 0 Å². The van der Waals surface area contributed by atoms with Crippen LogP contribution in [0.1, 0.15) is 35.0 Å². The lowest BCUT2D eigenvalue weighted by molar-refractivity contribution is 0.201. The molecule has 0 amide bonds. The summed E-state index contributed by atoms with van der Waals surface area (Å²) >= 11 is 11.8. The van der Waals surface area contributed by atoms with E-state index in [4.69, 9.17) is 51.6 Å². The standard InChI is InChI=1S/2C25H25ClN4O6S/c2*1-34-20-7-5-8-21(35-2)24(20)30-22(28-29-25(30)18-6-4-9-23(27-18)36-3)15-37(32,33)14-19(31)16-10-12-17(26)13-11-16/h2*4-13,19,31H,14-15H2,1-3H3/t2*19-/m10/s1. The molecule has 4 heterocycles. The second-order valence-corrected chi connectivity index (χ2v) is 21.0. The number of sulfone groups is 2. The van der Waals surface area contributed by atoms with Crippen molar-refractivity contribution in [3.8, 4) is 69.2 Å². The number of halogens is 2. The molecule has 74 heavy (non-hydrogen) atoms. The van der Waals surface area contributed by atoms with Gasteiger partial charge in [-0.25, -0.2) is 26.8 Å². The molecule has 0 saturated carbocycles. The Morgan fingerprint density at radius 1 is 0.459 bits per heavy atom. The number of aliphatic hydroxyl groups excluding tert-OH is 2. The number of aromatic nitrogens is 8. The van der Waals surface area contributed by atoms with Crippen molar-refractivity contribution in [1.82, 2.24) is 39.5 Å². The van der Waals surface area contributed by atoms with Gasteiger partial charge in [-0.05, 0) is 71.8 Å². The van der Waals surface area contributed by atoms with Crippen LogP contribution in [0.25, 0.3) is 34.4 Å². The van der Waals surface area contributed by atoms with E-state index in [1.165, 1.54) is 51.8 Å². The van der Waals surface area contributed by atoms with Crippen molar-refractivity contribution in [2.24, 2.45) is 0 Å². The number of ether oxygens (including phenoxy) is 6. The first-order valence-corrected chi connectivity index (χ1v) is 26.5. The summed E-state index contributed by atoms with van der Waals surface area (Å²) in [5, 5.41) is 39.1. The average molecular weight is 1090 g/mol. The van der Waals surface area contributed by atoms with Gasteiger partial charge in [0.05, 0.1) is 66.4 Å². The molecule has 4 aromatic heterocycles. The van der Waals surface area contributed by atoms with E-state index >= 15 is 0 Å². The Kier molecular flexibility index (Phi) is 17.8. The number of hydrogen-bond acceptors (Lipinski definition) is 18. The summed E-state index contributed by atoms with van der Waals surface area (Å²) in [4.78, 5) is 8.87. The normalized spacial score (nSPS) is 12.2. The predicted octanol–water partition coefficient (Wildman–Crippen LogP) is 7.31. The monoisotopic (exact) mass is 1090 g/mol. The van der Waals surface area contributed by atoms with E-state index in [0.717, 1.165) is 0 Å². The van der Waals surface area contributed by atoms with E-state index in [9.17, 15) is 27.0 Å². The maximum atomic E-state index is 13.2. The van der Waals surface area contributed by atoms with Crippen molar-refractivity contribution in [3.05, 3.63) is 154 Å². The molecule has 0 aliphatic rings. The zero-order chi connectivity index (χ0) is 53.2. The minimum atomic E-state index is -3.88. The number of para-hydroxylation sites is 2. The Hall–Kier alpha value is -7.34. The van der Waals surface area contributed by atoms with Gasteiger partial charge in [-0.3, -0.25) is 9.13 Å². The molecule has 0 aliphatic heterocycles. The van der Waals surface area contributed by atoms with Crippen molar-refractivity contribution in [2.45, 2.75) is 23.7 Å². The van der Waals surface area contributed by atoms with E-state index in [-0.39, 0.29) is 23.3 Å². The highest BCUT2D eigenvalue weighted by molar-refractivity contribution is 7.90. The van der Waals surface area contributed by atoms with E-state index in [2.05, 4.69) is 30.4 Å². The van der Waals surface area contributed by atoms with Gasteiger partial charge in [0.15, 0.2) is 43.0 Å². The molecule has 4 aromatic carbocycles. The fraction of sp³-hybridized carbons (Fsp3) is 0.240. The summed E-state index contributed by atoms with van der Waals surface area (Å²) < 4.78 is 88.7. The van der Waals surface area contributed by atoms with Crippen molar-refractivity contribution < 1.29 is 55.5 Å². The second kappa shape index (κ2) is 24.1. The van der Waals surface area contributed by atoms with Crippen LogP contribution >= 0.6 is 23.2 Å². The van der Waals surface area contributed by atoms with Gasteiger partial charge in [0, 0.05) is 22.2 Å². The van der Waals surface area contributed by atoms with Gasteiger partial charge < -0.3 is 38.6 Å². The Labute approximate surface area is 436 Å². The van der Waals surface area contributed by atoms with Gasteiger partial charge in [-0.1, -0.05) is 71.7 Å². The molecule has 24 heteroatoms. The number of hydrogen-bond donors (Lipinski definition) is 2. The molecule has 8 aromatic rings. The highest BCUT2D eigenvalue weighted by Crippen LogP contribution is 2.39. The molecular weight excluding hydrogens is 1040 g/mol. The third-order valence-electron chi connectivity index (χ3n) is 11.1. The van der Waals surface area contributed by atoms with Crippen LogP contribution in [0.5, 0.6) is 34.8 Å². The molecule has 0 bridgehead atoms. The average Bonchev–Trinajstić information content (AvgIpc) is 4.01. The van der Waals surface area contributed by atoms with Gasteiger partial charge in [-0.15, -0.1) is 20.4 Å². The summed E-state index contributed by atoms with van der Waals surface area (Å²) in [5.41, 5.74) is 2.46. The molecule has 8 rings (SSSR count). The molecule has 388 valence electrons. The van der Waals surface area contributed by atoms with E-state index < -0.39 is 54.9 Å². The largest absolute Gasteiger partial charge is 0.494 e. The second-order valence-electron chi connectivity index (χ2n) is 15.9. The maximum Gasteiger partial charge on any atom is 0.213 e. The van der Waals surface area contributed by atoms with Crippen molar-refractivity contribution >= 4 is 42.9 Å². The minimum Gasteiger partial charge on any atom is -0.494 e. The zero-order valence-corrected chi connectivity index (χ0v) is 43.8. The molecule has 0 saturated heterocycles. The van der Waals surface area contributed by atoms with Gasteiger partial charge in [0.25, 0.3) is 0 Å². The fourth-order valence-corrected chi connectivity index (χ4v) is 10.6. The molecular formula is C50H50Cl2N8O12S2. The number of pyridine rings is 2. The zero-order valence-electron chi connectivity index (χ0n) is 40.7. The Bertz CT molecular complexity index is 3170. The number of methoxy groups -OCH3 is 6. The van der Waals surface area contributed by atoms with Crippen LogP contribution in [0.4, 0.5) is 0 Å². The van der Waals surface area contributed by atoms with Crippen LogP contribution in [0, 0.1) is 0 Å². The molecule has 2 N–H and O–H groups in total. The predicted molar refractivity (Wildman–Crippen MR) is 276 cm³/mol. The van der Waals surface area contributed by atoms with Crippen LogP contribution < -0.4 is 28.4 Å². The lowest BCUT2D eigenvalue weighted by Gasteiger charge is -2.18. The Balaban J connectivity index is 0.000000216. The maximum absolute atomic E-state index is 13.2. The van der Waals surface area contributed by atoms with Crippen molar-refractivity contribution in [1.29, 1.82) is 0 Å². The number of nitrogens with zero attached hydrogens (tertiary/aromatic N) is 8. The first kappa shape index (κ1) is 54.4. The third kappa shape index (κ3) is 12.9. The molecule has 0 aliphatic carbocycles. The minimum absolute atomic E-state index is 0.0886. The van der Waals surface area contributed by atoms with E-state index in [0.29, 0.717) is 78.7 Å². The summed E-state index contributed by atoms with van der Waals surface area (Å²) in [6.45, 7) is 0. The third-order valence-corrected chi connectivity index (χ3v) is 14.6. The summed E-state index contributed by atoms with van der Waals surface area (Å²) in [6, 6.07) is 33.2. The Morgan fingerprint density at radius 3 is 1.09 bits per heavy atom. The first-order valence-electron chi connectivity index (χ1n) is 22.1. The van der Waals surface area contributed by atoms with Crippen LogP contribution in [-0.4, -0.2) is 121 Å². The molecule has 0 spiro atoms. The summed E-state index contributed by atoms with van der Waals surface area (Å²) in [6.07, 6.45) is -2.50. The molecule has 0 radical (unpaired) electrons. The van der Waals surface area contributed by atoms with Gasteiger partial charge >= 0.3 is 0 Å². The number of benzene rings is 4. The van der Waals surface area contributed by atoms with Gasteiger partial charge in [0.2, 0.25) is 11.8 Å². The summed E-state index contributed by atoms with van der Waals surface area (Å²) in [5.74, 6) is 0.906. The lowest BCUT2D eigenvalue weighted by Crippen LogP contribution is -2.19. The van der Waals surface area contributed by atoms with Crippen molar-refractivity contribution in [3.63, 3.8) is 0 Å². The van der Waals surface area contributed by atoms with E-state index in [1.54, 1.807) is 121 Å². The molecule has 0 fully saturated rings. The smallest absolute Gasteiger partial charge is 0.213 e. The summed E-state index contributed by atoms with van der Waals surface area (Å²) in [7, 11) is 1.19. The fourth-order valence-electron chi connectivity index (χ4n) is 7.59. The van der Waals surface area contributed by atoms with Crippen LogP contribution in [0.2, 0.25) is 10.0 Å². The topological polar surface area (TPSA) is 251 Å². The van der Waals surface area contributed by atoms with Gasteiger partial charge in [0.1, 0.15) is 57.3 Å².